The number of hydrogen-bond acceptors (Lipinski definition) is 3. The van der Waals surface area contributed by atoms with Crippen LogP contribution in [0.5, 0.6) is 0 Å². The zero-order valence-corrected chi connectivity index (χ0v) is 11.0. The van der Waals surface area contributed by atoms with E-state index in [1.165, 1.54) is 31.5 Å². The van der Waals surface area contributed by atoms with E-state index in [4.69, 9.17) is 5.73 Å². The van der Waals surface area contributed by atoms with E-state index in [1.807, 2.05) is 12.5 Å². The summed E-state index contributed by atoms with van der Waals surface area (Å²) in [5.74, 6) is 0. The first kappa shape index (κ1) is 12.6. The fraction of sp³-hybridized carbons (Fsp3) is 0.769. The summed E-state index contributed by atoms with van der Waals surface area (Å²) in [6.07, 6.45) is 7.78. The quantitative estimate of drug-likeness (QED) is 0.867. The van der Waals surface area contributed by atoms with Gasteiger partial charge in [0, 0.05) is 31.4 Å². The SMILES string of the molecule is CC(C)n1cncc1CN1CCCCC1CN. The Labute approximate surface area is 104 Å². The van der Waals surface area contributed by atoms with Crippen molar-refractivity contribution in [2.24, 2.45) is 5.73 Å². The number of likely N-dealkylation sites (tertiary alicyclic amines) is 1. The van der Waals surface area contributed by atoms with Crippen molar-refractivity contribution in [1.82, 2.24) is 14.5 Å². The minimum atomic E-state index is 0.480. The second kappa shape index (κ2) is 5.65. The van der Waals surface area contributed by atoms with Crippen LogP contribution >= 0.6 is 0 Å². The molecule has 0 aliphatic carbocycles. The molecular weight excluding hydrogens is 212 g/mol. The summed E-state index contributed by atoms with van der Waals surface area (Å²) >= 11 is 0. The molecule has 0 aromatic carbocycles. The minimum Gasteiger partial charge on any atom is -0.331 e. The zero-order chi connectivity index (χ0) is 12.3. The summed E-state index contributed by atoms with van der Waals surface area (Å²) in [7, 11) is 0. The van der Waals surface area contributed by atoms with E-state index in [-0.39, 0.29) is 0 Å². The molecule has 1 aliphatic rings. The Hall–Kier alpha value is -0.870. The largest absolute Gasteiger partial charge is 0.331 e. The summed E-state index contributed by atoms with van der Waals surface area (Å²) in [6.45, 7) is 7.32. The molecule has 1 aromatic heterocycles. The van der Waals surface area contributed by atoms with Crippen molar-refractivity contribution in [2.45, 2.75) is 51.7 Å². The van der Waals surface area contributed by atoms with Gasteiger partial charge in [0.05, 0.1) is 12.0 Å². The van der Waals surface area contributed by atoms with Crippen LogP contribution in [0.2, 0.25) is 0 Å². The van der Waals surface area contributed by atoms with Gasteiger partial charge in [-0.1, -0.05) is 6.42 Å². The molecule has 17 heavy (non-hydrogen) atoms. The third-order valence-corrected chi connectivity index (χ3v) is 3.69. The summed E-state index contributed by atoms with van der Waals surface area (Å²) in [5.41, 5.74) is 7.16. The van der Waals surface area contributed by atoms with Crippen LogP contribution in [-0.4, -0.2) is 33.6 Å². The van der Waals surface area contributed by atoms with Gasteiger partial charge < -0.3 is 10.3 Å². The Kier molecular flexibility index (Phi) is 4.18. The van der Waals surface area contributed by atoms with E-state index in [2.05, 4.69) is 28.3 Å². The van der Waals surface area contributed by atoms with Gasteiger partial charge in [-0.05, 0) is 33.2 Å². The smallest absolute Gasteiger partial charge is 0.0951 e. The summed E-state index contributed by atoms with van der Waals surface area (Å²) in [4.78, 5) is 6.78. The molecule has 2 heterocycles. The lowest BCUT2D eigenvalue weighted by molar-refractivity contribution is 0.141. The molecule has 0 amide bonds. The van der Waals surface area contributed by atoms with Gasteiger partial charge in [0.2, 0.25) is 0 Å². The van der Waals surface area contributed by atoms with Crippen molar-refractivity contribution >= 4 is 0 Å². The predicted octanol–water partition coefficient (Wildman–Crippen LogP) is 1.78. The van der Waals surface area contributed by atoms with Crippen molar-refractivity contribution in [3.63, 3.8) is 0 Å². The molecule has 4 heteroatoms. The topological polar surface area (TPSA) is 47.1 Å². The lowest BCUT2D eigenvalue weighted by Crippen LogP contribution is -2.43. The van der Waals surface area contributed by atoms with Gasteiger partial charge in [0.15, 0.2) is 0 Å². The molecule has 0 spiro atoms. The van der Waals surface area contributed by atoms with Crippen LogP contribution < -0.4 is 5.73 Å². The molecule has 96 valence electrons. The van der Waals surface area contributed by atoms with E-state index >= 15 is 0 Å². The lowest BCUT2D eigenvalue weighted by Gasteiger charge is -2.35. The fourth-order valence-corrected chi connectivity index (χ4v) is 2.66. The van der Waals surface area contributed by atoms with E-state index in [1.54, 1.807) is 0 Å². The Morgan fingerprint density at radius 1 is 1.47 bits per heavy atom. The van der Waals surface area contributed by atoms with Gasteiger partial charge in [-0.25, -0.2) is 4.98 Å². The van der Waals surface area contributed by atoms with E-state index in [9.17, 15) is 0 Å². The highest BCUT2D eigenvalue weighted by molar-refractivity contribution is 5.00. The molecule has 0 saturated carbocycles. The molecule has 0 bridgehead atoms. The maximum absolute atomic E-state index is 5.86. The highest BCUT2D eigenvalue weighted by Crippen LogP contribution is 2.20. The van der Waals surface area contributed by atoms with Gasteiger partial charge in [0.25, 0.3) is 0 Å². The molecule has 2 rings (SSSR count). The highest BCUT2D eigenvalue weighted by Gasteiger charge is 2.22. The molecule has 1 saturated heterocycles. The molecule has 1 unspecified atom stereocenters. The number of aromatic nitrogens is 2. The van der Waals surface area contributed by atoms with Crippen LogP contribution in [0.1, 0.15) is 44.8 Å². The number of hydrogen-bond donors (Lipinski definition) is 1. The summed E-state index contributed by atoms with van der Waals surface area (Å²) in [5, 5.41) is 0. The molecule has 1 fully saturated rings. The monoisotopic (exact) mass is 236 g/mol. The van der Waals surface area contributed by atoms with E-state index in [0.29, 0.717) is 12.1 Å². The Balaban J connectivity index is 2.05. The lowest BCUT2D eigenvalue weighted by atomic mass is 10.0. The molecule has 4 nitrogen and oxygen atoms in total. The van der Waals surface area contributed by atoms with Crippen LogP contribution in [-0.2, 0) is 6.54 Å². The number of imidazole rings is 1. The first-order chi connectivity index (χ1) is 8.22. The maximum Gasteiger partial charge on any atom is 0.0951 e. The first-order valence-corrected chi connectivity index (χ1v) is 6.67. The van der Waals surface area contributed by atoms with E-state index < -0.39 is 0 Å². The molecule has 1 atom stereocenters. The Morgan fingerprint density at radius 2 is 2.29 bits per heavy atom. The number of nitrogens with zero attached hydrogens (tertiary/aromatic N) is 3. The third-order valence-electron chi connectivity index (χ3n) is 3.69. The van der Waals surface area contributed by atoms with Gasteiger partial charge in [-0.2, -0.15) is 0 Å². The van der Waals surface area contributed by atoms with Crippen molar-refractivity contribution in [3.05, 3.63) is 18.2 Å². The van der Waals surface area contributed by atoms with Gasteiger partial charge in [-0.15, -0.1) is 0 Å². The average Bonchev–Trinajstić information content (AvgIpc) is 2.78. The highest BCUT2D eigenvalue weighted by atomic mass is 15.2. The summed E-state index contributed by atoms with van der Waals surface area (Å²) < 4.78 is 2.25. The second-order valence-electron chi connectivity index (χ2n) is 5.24. The second-order valence-corrected chi connectivity index (χ2v) is 5.24. The standard InChI is InChI=1S/C13H24N4/c1-11(2)17-10-15-8-13(17)9-16-6-4-3-5-12(16)7-14/h8,10-12H,3-7,9,14H2,1-2H3. The normalized spacial score (nSPS) is 22.2. The molecular formula is C13H24N4. The fourth-order valence-electron chi connectivity index (χ4n) is 2.66. The van der Waals surface area contributed by atoms with Gasteiger partial charge in [0.1, 0.15) is 0 Å². The Bertz CT molecular complexity index is 345. The van der Waals surface area contributed by atoms with Crippen molar-refractivity contribution in [2.75, 3.05) is 13.1 Å². The van der Waals surface area contributed by atoms with Crippen LogP contribution in [0, 0.1) is 0 Å². The number of piperidine rings is 1. The number of nitrogens with two attached hydrogens (primary N) is 1. The van der Waals surface area contributed by atoms with Crippen LogP contribution in [0.15, 0.2) is 12.5 Å². The molecule has 0 radical (unpaired) electrons. The van der Waals surface area contributed by atoms with Crippen molar-refractivity contribution < 1.29 is 0 Å². The molecule has 1 aromatic rings. The zero-order valence-electron chi connectivity index (χ0n) is 11.0. The van der Waals surface area contributed by atoms with Crippen LogP contribution in [0.4, 0.5) is 0 Å². The van der Waals surface area contributed by atoms with Gasteiger partial charge >= 0.3 is 0 Å². The van der Waals surface area contributed by atoms with Gasteiger partial charge in [-0.3, -0.25) is 4.90 Å². The van der Waals surface area contributed by atoms with Crippen LogP contribution in [0.25, 0.3) is 0 Å². The van der Waals surface area contributed by atoms with E-state index in [0.717, 1.165) is 13.1 Å². The van der Waals surface area contributed by atoms with Crippen molar-refractivity contribution in [3.8, 4) is 0 Å². The number of rotatable bonds is 4. The predicted molar refractivity (Wildman–Crippen MR) is 69.7 cm³/mol. The molecule has 1 aliphatic heterocycles. The average molecular weight is 236 g/mol. The maximum atomic E-state index is 5.86. The van der Waals surface area contributed by atoms with Crippen LogP contribution in [0.3, 0.4) is 0 Å². The minimum absolute atomic E-state index is 0.480. The summed E-state index contributed by atoms with van der Waals surface area (Å²) in [6, 6.07) is 1.04. The third kappa shape index (κ3) is 2.87. The molecule has 2 N–H and O–H groups in total. The Morgan fingerprint density at radius 3 is 3.00 bits per heavy atom. The first-order valence-electron chi connectivity index (χ1n) is 6.67. The van der Waals surface area contributed by atoms with Crippen molar-refractivity contribution in [1.29, 1.82) is 0 Å².